The Balaban J connectivity index is 2.30. The van der Waals surface area contributed by atoms with Crippen molar-refractivity contribution in [1.29, 1.82) is 0 Å². The standard InChI is InChI=1S/C17H20F2N2/c1-3-12-4-6-16(7-5-12)21(2)17(11-20)13-8-14(18)10-15(19)9-13/h4-10,17H,3,11,20H2,1-2H3. The molecule has 0 heterocycles. The lowest BCUT2D eigenvalue weighted by atomic mass is 10.0. The number of benzene rings is 2. The van der Waals surface area contributed by atoms with Crippen LogP contribution in [0.5, 0.6) is 0 Å². The maximum atomic E-state index is 13.4. The van der Waals surface area contributed by atoms with Crippen LogP contribution in [0.15, 0.2) is 42.5 Å². The van der Waals surface area contributed by atoms with Crippen LogP contribution in [0.3, 0.4) is 0 Å². The van der Waals surface area contributed by atoms with E-state index in [0.717, 1.165) is 18.2 Å². The van der Waals surface area contributed by atoms with Gasteiger partial charge in [0.15, 0.2) is 0 Å². The van der Waals surface area contributed by atoms with Crippen LogP contribution in [0.25, 0.3) is 0 Å². The van der Waals surface area contributed by atoms with Gasteiger partial charge in [0.25, 0.3) is 0 Å². The van der Waals surface area contributed by atoms with E-state index in [1.54, 1.807) is 0 Å². The first-order chi connectivity index (χ1) is 10.0. The van der Waals surface area contributed by atoms with Gasteiger partial charge < -0.3 is 10.6 Å². The Hall–Kier alpha value is -1.94. The zero-order valence-electron chi connectivity index (χ0n) is 12.3. The highest BCUT2D eigenvalue weighted by Crippen LogP contribution is 2.26. The number of hydrogen-bond acceptors (Lipinski definition) is 2. The summed E-state index contributed by atoms with van der Waals surface area (Å²) >= 11 is 0. The second kappa shape index (κ2) is 6.68. The van der Waals surface area contributed by atoms with E-state index in [0.29, 0.717) is 5.56 Å². The lowest BCUT2D eigenvalue weighted by molar-refractivity contribution is 0.571. The number of nitrogens with zero attached hydrogens (tertiary/aromatic N) is 1. The molecule has 0 aliphatic heterocycles. The fourth-order valence-electron chi connectivity index (χ4n) is 2.43. The highest BCUT2D eigenvalue weighted by Gasteiger charge is 2.17. The Morgan fingerprint density at radius 2 is 1.62 bits per heavy atom. The van der Waals surface area contributed by atoms with Crippen LogP contribution in [0.2, 0.25) is 0 Å². The van der Waals surface area contributed by atoms with Crippen molar-refractivity contribution in [1.82, 2.24) is 0 Å². The number of likely N-dealkylation sites (N-methyl/N-ethyl adjacent to an activating group) is 1. The second-order valence-corrected chi connectivity index (χ2v) is 5.09. The SMILES string of the molecule is CCc1ccc(N(C)C(CN)c2cc(F)cc(F)c2)cc1. The summed E-state index contributed by atoms with van der Waals surface area (Å²) in [6.07, 6.45) is 0.972. The van der Waals surface area contributed by atoms with Gasteiger partial charge in [-0.3, -0.25) is 0 Å². The fraction of sp³-hybridized carbons (Fsp3) is 0.294. The average molecular weight is 290 g/mol. The van der Waals surface area contributed by atoms with Crippen LogP contribution < -0.4 is 10.6 Å². The van der Waals surface area contributed by atoms with Gasteiger partial charge in [0, 0.05) is 25.3 Å². The number of rotatable bonds is 5. The smallest absolute Gasteiger partial charge is 0.126 e. The molecule has 2 aromatic carbocycles. The maximum Gasteiger partial charge on any atom is 0.126 e. The van der Waals surface area contributed by atoms with E-state index < -0.39 is 11.6 Å². The lowest BCUT2D eigenvalue weighted by Gasteiger charge is -2.29. The van der Waals surface area contributed by atoms with Gasteiger partial charge in [-0.2, -0.15) is 0 Å². The molecule has 0 aromatic heterocycles. The van der Waals surface area contributed by atoms with Gasteiger partial charge in [0.1, 0.15) is 11.6 Å². The van der Waals surface area contributed by atoms with Gasteiger partial charge in [-0.1, -0.05) is 19.1 Å². The molecule has 2 aromatic rings. The first-order valence-corrected chi connectivity index (χ1v) is 7.03. The molecule has 21 heavy (non-hydrogen) atoms. The molecule has 1 unspecified atom stereocenters. The molecule has 0 aliphatic rings. The maximum absolute atomic E-state index is 13.4. The van der Waals surface area contributed by atoms with Crippen molar-refractivity contribution in [2.45, 2.75) is 19.4 Å². The highest BCUT2D eigenvalue weighted by molar-refractivity contribution is 5.49. The highest BCUT2D eigenvalue weighted by atomic mass is 19.1. The molecule has 2 nitrogen and oxygen atoms in total. The first kappa shape index (κ1) is 15.4. The fourth-order valence-corrected chi connectivity index (χ4v) is 2.43. The molecule has 0 spiro atoms. The Morgan fingerprint density at radius 3 is 2.10 bits per heavy atom. The summed E-state index contributed by atoms with van der Waals surface area (Å²) in [7, 11) is 1.88. The Morgan fingerprint density at radius 1 is 1.05 bits per heavy atom. The predicted molar refractivity (Wildman–Crippen MR) is 82.4 cm³/mol. The van der Waals surface area contributed by atoms with E-state index in [4.69, 9.17) is 5.73 Å². The Bertz CT molecular complexity index is 576. The van der Waals surface area contributed by atoms with Crippen molar-refractivity contribution >= 4 is 5.69 Å². The first-order valence-electron chi connectivity index (χ1n) is 7.03. The molecule has 2 N–H and O–H groups in total. The van der Waals surface area contributed by atoms with Crippen LogP contribution in [0.1, 0.15) is 24.1 Å². The van der Waals surface area contributed by atoms with Gasteiger partial charge in [-0.05, 0) is 41.8 Å². The van der Waals surface area contributed by atoms with E-state index in [9.17, 15) is 8.78 Å². The topological polar surface area (TPSA) is 29.3 Å². The zero-order valence-corrected chi connectivity index (χ0v) is 12.3. The van der Waals surface area contributed by atoms with Crippen LogP contribution in [-0.2, 0) is 6.42 Å². The number of halogens is 2. The molecule has 2 rings (SSSR count). The van der Waals surface area contributed by atoms with E-state index in [1.807, 2.05) is 36.2 Å². The van der Waals surface area contributed by atoms with Gasteiger partial charge in [0.05, 0.1) is 6.04 Å². The third-order valence-corrected chi connectivity index (χ3v) is 3.71. The molecular formula is C17H20F2N2. The van der Waals surface area contributed by atoms with Crippen molar-refractivity contribution in [3.8, 4) is 0 Å². The van der Waals surface area contributed by atoms with Gasteiger partial charge in [0.2, 0.25) is 0 Å². The third-order valence-electron chi connectivity index (χ3n) is 3.71. The number of anilines is 1. The van der Waals surface area contributed by atoms with E-state index in [1.165, 1.54) is 17.7 Å². The van der Waals surface area contributed by atoms with Crippen LogP contribution >= 0.6 is 0 Å². The minimum Gasteiger partial charge on any atom is -0.366 e. The summed E-state index contributed by atoms with van der Waals surface area (Å²) < 4.78 is 26.8. The number of nitrogens with two attached hydrogens (primary N) is 1. The van der Waals surface area contributed by atoms with E-state index >= 15 is 0 Å². The third kappa shape index (κ3) is 3.58. The molecule has 0 aliphatic carbocycles. The van der Waals surface area contributed by atoms with Crippen LogP contribution in [-0.4, -0.2) is 13.6 Å². The minimum absolute atomic E-state index is 0.273. The van der Waals surface area contributed by atoms with Crippen molar-refractivity contribution in [2.75, 3.05) is 18.5 Å². The molecule has 0 amide bonds. The summed E-state index contributed by atoms with van der Waals surface area (Å²) in [6, 6.07) is 11.3. The lowest BCUT2D eigenvalue weighted by Crippen LogP contribution is -2.30. The van der Waals surface area contributed by atoms with Crippen LogP contribution in [0, 0.1) is 11.6 Å². The number of hydrogen-bond donors (Lipinski definition) is 1. The largest absolute Gasteiger partial charge is 0.366 e. The Kier molecular flexibility index (Phi) is 4.91. The van der Waals surface area contributed by atoms with Gasteiger partial charge in [-0.25, -0.2) is 8.78 Å². The summed E-state index contributed by atoms with van der Waals surface area (Å²) in [5.74, 6) is -1.17. The summed E-state index contributed by atoms with van der Waals surface area (Å²) in [6.45, 7) is 2.37. The molecule has 0 saturated heterocycles. The van der Waals surface area contributed by atoms with Gasteiger partial charge >= 0.3 is 0 Å². The Labute approximate surface area is 124 Å². The van der Waals surface area contributed by atoms with E-state index in [2.05, 4.69) is 6.92 Å². The molecule has 112 valence electrons. The molecule has 4 heteroatoms. The molecular weight excluding hydrogens is 270 g/mol. The number of aryl methyl sites for hydroxylation is 1. The van der Waals surface area contributed by atoms with Crippen molar-refractivity contribution in [2.24, 2.45) is 5.73 Å². The minimum atomic E-state index is -0.585. The van der Waals surface area contributed by atoms with Crippen LogP contribution in [0.4, 0.5) is 14.5 Å². The summed E-state index contributed by atoms with van der Waals surface area (Å²) in [5, 5.41) is 0. The molecule has 0 fully saturated rings. The second-order valence-electron chi connectivity index (χ2n) is 5.09. The molecule has 0 bridgehead atoms. The van der Waals surface area contributed by atoms with Crippen molar-refractivity contribution < 1.29 is 8.78 Å². The molecule has 1 atom stereocenters. The van der Waals surface area contributed by atoms with Gasteiger partial charge in [-0.15, -0.1) is 0 Å². The van der Waals surface area contributed by atoms with Crippen molar-refractivity contribution in [3.63, 3.8) is 0 Å². The van der Waals surface area contributed by atoms with Crippen molar-refractivity contribution in [3.05, 3.63) is 65.2 Å². The monoisotopic (exact) mass is 290 g/mol. The molecule has 0 radical (unpaired) electrons. The quantitative estimate of drug-likeness (QED) is 0.910. The normalized spacial score (nSPS) is 12.2. The molecule has 0 saturated carbocycles. The summed E-state index contributed by atoms with van der Waals surface area (Å²) in [5.41, 5.74) is 8.56. The average Bonchev–Trinajstić information content (AvgIpc) is 2.47. The predicted octanol–water partition coefficient (Wildman–Crippen LogP) is 3.66. The zero-order chi connectivity index (χ0) is 15.4. The summed E-state index contributed by atoms with van der Waals surface area (Å²) in [4.78, 5) is 1.94. The van der Waals surface area contributed by atoms with E-state index in [-0.39, 0.29) is 12.6 Å².